The van der Waals surface area contributed by atoms with Gasteiger partial charge >= 0.3 is 6.03 Å². The van der Waals surface area contributed by atoms with Gasteiger partial charge < -0.3 is 20.4 Å². The normalized spacial score (nSPS) is 20.0. The third-order valence-corrected chi connectivity index (χ3v) is 6.62. The molecule has 0 saturated carbocycles. The number of halogens is 2. The standard InChI is InChI=1S/C27H28F2N2O3/c1-18(19-2-4-20(5-3-19)21-6-10-23(28)11-7-21)31-15-14-27(30-26(31)34,16-25(33)17-32)22-8-12-24(29)13-9-22/h2-13,18,25,32-33H,14-17H2,1H3,(H,30,34)/t18-,25?,27?/m0/s1. The number of aliphatic hydroxyl groups is 2. The molecule has 1 heterocycles. The highest BCUT2D eigenvalue weighted by atomic mass is 19.1. The monoisotopic (exact) mass is 466 g/mol. The van der Waals surface area contributed by atoms with E-state index in [9.17, 15) is 23.8 Å². The molecule has 1 saturated heterocycles. The maximum absolute atomic E-state index is 13.5. The maximum Gasteiger partial charge on any atom is 0.318 e. The molecule has 7 heteroatoms. The van der Waals surface area contributed by atoms with Crippen molar-refractivity contribution in [3.8, 4) is 11.1 Å². The van der Waals surface area contributed by atoms with E-state index >= 15 is 0 Å². The molecule has 0 aliphatic carbocycles. The third-order valence-electron chi connectivity index (χ3n) is 6.62. The van der Waals surface area contributed by atoms with Gasteiger partial charge in [0, 0.05) is 13.0 Å². The Kier molecular flexibility index (Phi) is 6.95. The van der Waals surface area contributed by atoms with Crippen molar-refractivity contribution in [3.63, 3.8) is 0 Å². The van der Waals surface area contributed by atoms with E-state index in [2.05, 4.69) is 5.32 Å². The number of urea groups is 1. The Morgan fingerprint density at radius 3 is 2.00 bits per heavy atom. The molecule has 34 heavy (non-hydrogen) atoms. The second-order valence-electron chi connectivity index (χ2n) is 8.81. The molecule has 0 bridgehead atoms. The van der Waals surface area contributed by atoms with Gasteiger partial charge in [-0.3, -0.25) is 0 Å². The number of hydrogen-bond acceptors (Lipinski definition) is 3. The number of rotatable bonds is 7. The summed E-state index contributed by atoms with van der Waals surface area (Å²) < 4.78 is 26.7. The van der Waals surface area contributed by atoms with Crippen LogP contribution in [0.15, 0.2) is 72.8 Å². The van der Waals surface area contributed by atoms with Crippen LogP contribution in [0.25, 0.3) is 11.1 Å². The average molecular weight is 467 g/mol. The fourth-order valence-electron chi connectivity index (χ4n) is 4.62. The Labute approximate surface area is 197 Å². The van der Waals surface area contributed by atoms with Gasteiger partial charge in [0.25, 0.3) is 0 Å². The van der Waals surface area contributed by atoms with E-state index in [4.69, 9.17) is 0 Å². The Morgan fingerprint density at radius 1 is 0.941 bits per heavy atom. The van der Waals surface area contributed by atoms with Crippen LogP contribution >= 0.6 is 0 Å². The van der Waals surface area contributed by atoms with E-state index in [1.165, 1.54) is 24.3 Å². The second-order valence-corrected chi connectivity index (χ2v) is 8.81. The van der Waals surface area contributed by atoms with Crippen LogP contribution < -0.4 is 5.32 Å². The van der Waals surface area contributed by atoms with Crippen LogP contribution in [0.1, 0.15) is 36.9 Å². The van der Waals surface area contributed by atoms with Crippen molar-refractivity contribution in [1.82, 2.24) is 10.2 Å². The first-order valence-electron chi connectivity index (χ1n) is 11.3. The lowest BCUT2D eigenvalue weighted by molar-refractivity contribution is 0.0441. The summed E-state index contributed by atoms with van der Waals surface area (Å²) in [5.74, 6) is -0.670. The van der Waals surface area contributed by atoms with Gasteiger partial charge in [-0.15, -0.1) is 0 Å². The largest absolute Gasteiger partial charge is 0.394 e. The van der Waals surface area contributed by atoms with E-state index in [-0.39, 0.29) is 30.1 Å². The Morgan fingerprint density at radius 2 is 1.47 bits per heavy atom. The van der Waals surface area contributed by atoms with E-state index in [0.717, 1.165) is 16.7 Å². The first kappa shape index (κ1) is 23.9. The van der Waals surface area contributed by atoms with Gasteiger partial charge in [0.05, 0.1) is 24.3 Å². The summed E-state index contributed by atoms with van der Waals surface area (Å²) in [6, 6.07) is 19.4. The summed E-state index contributed by atoms with van der Waals surface area (Å²) in [6.07, 6.45) is -0.414. The molecule has 5 nitrogen and oxygen atoms in total. The molecule has 4 rings (SSSR count). The van der Waals surface area contributed by atoms with Gasteiger partial charge in [0.15, 0.2) is 0 Å². The van der Waals surface area contributed by atoms with Gasteiger partial charge in [0.1, 0.15) is 11.6 Å². The van der Waals surface area contributed by atoms with Gasteiger partial charge in [-0.1, -0.05) is 48.5 Å². The van der Waals surface area contributed by atoms with Crippen molar-refractivity contribution < 1.29 is 23.8 Å². The zero-order valence-corrected chi connectivity index (χ0v) is 18.9. The predicted octanol–water partition coefficient (Wildman–Crippen LogP) is 4.75. The second kappa shape index (κ2) is 9.91. The van der Waals surface area contributed by atoms with Crippen molar-refractivity contribution in [3.05, 3.63) is 95.6 Å². The number of carbonyl (C=O) groups excluding carboxylic acids is 1. The van der Waals surface area contributed by atoms with Crippen LogP contribution in [0.2, 0.25) is 0 Å². The number of aliphatic hydroxyl groups excluding tert-OH is 2. The van der Waals surface area contributed by atoms with Crippen LogP contribution in [0.5, 0.6) is 0 Å². The SMILES string of the molecule is C[C@@H](c1ccc(-c2ccc(F)cc2)cc1)N1CCC(CC(O)CO)(c2ccc(F)cc2)NC1=O. The lowest BCUT2D eigenvalue weighted by Crippen LogP contribution is -2.59. The van der Waals surface area contributed by atoms with E-state index in [1.54, 1.807) is 29.2 Å². The number of carbonyl (C=O) groups is 1. The summed E-state index contributed by atoms with van der Waals surface area (Å²) >= 11 is 0. The summed E-state index contributed by atoms with van der Waals surface area (Å²) in [6.45, 7) is 1.93. The highest BCUT2D eigenvalue weighted by molar-refractivity contribution is 5.77. The zero-order valence-electron chi connectivity index (χ0n) is 18.9. The fourth-order valence-corrected chi connectivity index (χ4v) is 4.62. The highest BCUT2D eigenvalue weighted by Crippen LogP contribution is 2.36. The minimum absolute atomic E-state index is 0.120. The van der Waals surface area contributed by atoms with Crippen molar-refractivity contribution in [2.24, 2.45) is 0 Å². The summed E-state index contributed by atoms with van der Waals surface area (Å²) in [4.78, 5) is 14.9. The molecule has 2 amide bonds. The van der Waals surface area contributed by atoms with E-state index in [0.29, 0.717) is 18.5 Å². The molecule has 0 spiro atoms. The molecule has 1 fully saturated rings. The van der Waals surface area contributed by atoms with Crippen molar-refractivity contribution in [2.75, 3.05) is 13.2 Å². The van der Waals surface area contributed by atoms with Crippen LogP contribution in [0.3, 0.4) is 0 Å². The first-order chi connectivity index (χ1) is 16.3. The minimum atomic E-state index is -1.02. The highest BCUT2D eigenvalue weighted by Gasteiger charge is 2.42. The van der Waals surface area contributed by atoms with Gasteiger partial charge in [-0.2, -0.15) is 0 Å². The quantitative estimate of drug-likeness (QED) is 0.471. The Balaban J connectivity index is 1.52. The number of nitrogens with one attached hydrogen (secondary N) is 1. The molecule has 0 aromatic heterocycles. The maximum atomic E-state index is 13.5. The number of benzene rings is 3. The number of nitrogens with zero attached hydrogens (tertiary/aromatic N) is 1. The first-order valence-corrected chi connectivity index (χ1v) is 11.3. The van der Waals surface area contributed by atoms with Crippen molar-refractivity contribution in [1.29, 1.82) is 0 Å². The van der Waals surface area contributed by atoms with Crippen LogP contribution in [0.4, 0.5) is 13.6 Å². The molecule has 3 aromatic rings. The lowest BCUT2D eigenvalue weighted by atomic mass is 9.80. The van der Waals surface area contributed by atoms with E-state index in [1.807, 2.05) is 31.2 Å². The molecule has 1 aliphatic rings. The lowest BCUT2D eigenvalue weighted by Gasteiger charge is -2.45. The molecule has 0 radical (unpaired) electrons. The third kappa shape index (κ3) is 4.95. The van der Waals surface area contributed by atoms with E-state index < -0.39 is 18.2 Å². The topological polar surface area (TPSA) is 72.8 Å². The molecule has 3 aromatic carbocycles. The predicted molar refractivity (Wildman–Crippen MR) is 126 cm³/mol. The van der Waals surface area contributed by atoms with Gasteiger partial charge in [0.2, 0.25) is 0 Å². The Bertz CT molecular complexity index is 1120. The Hall–Kier alpha value is -3.29. The molecule has 3 N–H and O–H groups in total. The summed E-state index contributed by atoms with van der Waals surface area (Å²) in [5.41, 5.74) is 2.59. The van der Waals surface area contributed by atoms with Crippen LogP contribution in [-0.4, -0.2) is 40.4 Å². The molecule has 178 valence electrons. The number of hydrogen-bond donors (Lipinski definition) is 3. The van der Waals surface area contributed by atoms with Crippen LogP contribution in [-0.2, 0) is 5.54 Å². The summed E-state index contributed by atoms with van der Waals surface area (Å²) in [5, 5.41) is 22.6. The van der Waals surface area contributed by atoms with Gasteiger partial charge in [-0.25, -0.2) is 13.6 Å². The molecule has 2 unspecified atom stereocenters. The smallest absolute Gasteiger partial charge is 0.318 e. The van der Waals surface area contributed by atoms with Crippen LogP contribution in [0, 0.1) is 11.6 Å². The summed E-state index contributed by atoms with van der Waals surface area (Å²) in [7, 11) is 0. The fraction of sp³-hybridized carbons (Fsp3) is 0.296. The zero-order chi connectivity index (χ0) is 24.3. The molecular weight excluding hydrogens is 438 g/mol. The molecule has 1 aliphatic heterocycles. The average Bonchev–Trinajstić information content (AvgIpc) is 2.84. The molecular formula is C27H28F2N2O3. The number of amides is 2. The van der Waals surface area contributed by atoms with Crippen molar-refractivity contribution >= 4 is 6.03 Å². The molecule has 3 atom stereocenters. The van der Waals surface area contributed by atoms with Crippen molar-refractivity contribution in [2.45, 2.75) is 37.5 Å². The van der Waals surface area contributed by atoms with Gasteiger partial charge in [-0.05, 0) is 59.9 Å². The minimum Gasteiger partial charge on any atom is -0.394 e.